The maximum absolute atomic E-state index is 4.47. The lowest BCUT2D eigenvalue weighted by Gasteiger charge is -2.12. The molecule has 0 aliphatic carbocycles. The molecule has 0 fully saturated rings. The van der Waals surface area contributed by atoms with Gasteiger partial charge in [-0.05, 0) is 32.8 Å². The van der Waals surface area contributed by atoms with Gasteiger partial charge in [0.2, 0.25) is 0 Å². The summed E-state index contributed by atoms with van der Waals surface area (Å²) in [5.41, 5.74) is 5.15. The fraction of sp³-hybridized carbons (Fsp3) is 0.444. The molecule has 4 nitrogen and oxygen atoms in total. The van der Waals surface area contributed by atoms with Crippen LogP contribution < -0.4 is 10.6 Å². The van der Waals surface area contributed by atoms with E-state index in [0.29, 0.717) is 0 Å². The van der Waals surface area contributed by atoms with Gasteiger partial charge in [-0.25, -0.2) is 4.98 Å². The number of thiazole rings is 1. The number of aromatic nitrogens is 1. The van der Waals surface area contributed by atoms with Crippen LogP contribution in [0, 0.1) is 20.8 Å². The predicted molar refractivity (Wildman–Crippen MR) is 115 cm³/mol. The molecule has 1 aromatic heterocycles. The number of rotatable bonds is 6. The maximum atomic E-state index is 4.47. The van der Waals surface area contributed by atoms with Crippen LogP contribution in [0.5, 0.6) is 0 Å². The number of benzene rings is 1. The first-order valence-electron chi connectivity index (χ1n) is 7.99. The van der Waals surface area contributed by atoms with E-state index in [1.165, 1.54) is 16.7 Å². The van der Waals surface area contributed by atoms with Crippen molar-refractivity contribution in [3.05, 3.63) is 51.0 Å². The molecule has 6 heteroatoms. The summed E-state index contributed by atoms with van der Waals surface area (Å²) >= 11 is 1.70. The summed E-state index contributed by atoms with van der Waals surface area (Å²) in [7, 11) is 1.80. The lowest BCUT2D eigenvalue weighted by Crippen LogP contribution is -2.39. The SMILES string of the molecule is CN=C(NCCc1cc(C)cc(C)c1)NCCc1csc(C)n1.I. The molecule has 0 aliphatic rings. The lowest BCUT2D eigenvalue weighted by molar-refractivity contribution is 0.777. The van der Waals surface area contributed by atoms with E-state index < -0.39 is 0 Å². The number of aryl methyl sites for hydroxylation is 3. The second kappa shape index (κ2) is 10.7. The highest BCUT2D eigenvalue weighted by Gasteiger charge is 2.01. The average Bonchev–Trinajstić information content (AvgIpc) is 2.90. The molecule has 0 spiro atoms. The molecule has 0 radical (unpaired) electrons. The highest BCUT2D eigenvalue weighted by atomic mass is 127. The monoisotopic (exact) mass is 458 g/mol. The topological polar surface area (TPSA) is 49.3 Å². The summed E-state index contributed by atoms with van der Waals surface area (Å²) in [5.74, 6) is 0.848. The number of nitrogens with one attached hydrogen (secondary N) is 2. The summed E-state index contributed by atoms with van der Waals surface area (Å²) in [6, 6.07) is 6.70. The zero-order valence-electron chi connectivity index (χ0n) is 14.8. The lowest BCUT2D eigenvalue weighted by atomic mass is 10.1. The van der Waals surface area contributed by atoms with Crippen LogP contribution in [0.15, 0.2) is 28.6 Å². The third kappa shape index (κ3) is 7.17. The summed E-state index contributed by atoms with van der Waals surface area (Å²) in [6.07, 6.45) is 1.91. The molecule has 0 amide bonds. The Morgan fingerprint density at radius 2 is 1.67 bits per heavy atom. The Morgan fingerprint density at radius 3 is 2.21 bits per heavy atom. The van der Waals surface area contributed by atoms with Crippen molar-refractivity contribution in [3.63, 3.8) is 0 Å². The molecule has 0 saturated heterocycles. The van der Waals surface area contributed by atoms with Crippen LogP contribution in [-0.2, 0) is 12.8 Å². The van der Waals surface area contributed by atoms with Crippen LogP contribution in [0.1, 0.15) is 27.4 Å². The molecule has 132 valence electrons. The van der Waals surface area contributed by atoms with Crippen LogP contribution in [0.3, 0.4) is 0 Å². The van der Waals surface area contributed by atoms with Gasteiger partial charge in [-0.3, -0.25) is 4.99 Å². The van der Waals surface area contributed by atoms with E-state index in [9.17, 15) is 0 Å². The number of hydrogen-bond donors (Lipinski definition) is 2. The molecule has 0 unspecified atom stereocenters. The number of nitrogens with zero attached hydrogens (tertiary/aromatic N) is 2. The number of halogens is 1. The van der Waals surface area contributed by atoms with Gasteiger partial charge in [-0.15, -0.1) is 35.3 Å². The molecular formula is C18H27IN4S. The van der Waals surface area contributed by atoms with E-state index in [-0.39, 0.29) is 24.0 Å². The van der Waals surface area contributed by atoms with E-state index in [1.807, 2.05) is 6.92 Å². The van der Waals surface area contributed by atoms with Crippen LogP contribution in [-0.4, -0.2) is 31.1 Å². The summed E-state index contributed by atoms with van der Waals surface area (Å²) < 4.78 is 0. The number of guanidine groups is 1. The number of aliphatic imine (C=N–C) groups is 1. The van der Waals surface area contributed by atoms with Gasteiger partial charge in [0.15, 0.2) is 5.96 Å². The van der Waals surface area contributed by atoms with Crippen molar-refractivity contribution in [2.75, 3.05) is 20.1 Å². The first kappa shape index (κ1) is 20.9. The minimum absolute atomic E-state index is 0. The van der Waals surface area contributed by atoms with Crippen molar-refractivity contribution < 1.29 is 0 Å². The Bertz CT molecular complexity index is 647. The third-order valence-electron chi connectivity index (χ3n) is 3.55. The molecule has 2 N–H and O–H groups in total. The Labute approximate surface area is 166 Å². The van der Waals surface area contributed by atoms with E-state index in [1.54, 1.807) is 18.4 Å². The van der Waals surface area contributed by atoms with Gasteiger partial charge in [0.25, 0.3) is 0 Å². The van der Waals surface area contributed by atoms with E-state index in [0.717, 1.165) is 42.6 Å². The summed E-state index contributed by atoms with van der Waals surface area (Å²) in [5, 5.41) is 9.95. The Hall–Kier alpha value is -1.15. The van der Waals surface area contributed by atoms with E-state index in [4.69, 9.17) is 0 Å². The molecular weight excluding hydrogens is 431 g/mol. The van der Waals surface area contributed by atoms with Crippen molar-refractivity contribution >= 4 is 41.3 Å². The van der Waals surface area contributed by atoms with Crippen molar-refractivity contribution in [2.24, 2.45) is 4.99 Å². The van der Waals surface area contributed by atoms with E-state index >= 15 is 0 Å². The molecule has 0 aliphatic heterocycles. The predicted octanol–water partition coefficient (Wildman–Crippen LogP) is 3.64. The zero-order chi connectivity index (χ0) is 16.7. The molecule has 24 heavy (non-hydrogen) atoms. The number of hydrogen-bond acceptors (Lipinski definition) is 3. The average molecular weight is 458 g/mol. The largest absolute Gasteiger partial charge is 0.356 e. The fourth-order valence-corrected chi connectivity index (χ4v) is 3.24. The van der Waals surface area contributed by atoms with Crippen molar-refractivity contribution in [1.82, 2.24) is 15.6 Å². The second-order valence-corrected chi connectivity index (χ2v) is 6.84. The van der Waals surface area contributed by atoms with Gasteiger partial charge in [-0.1, -0.05) is 29.3 Å². The molecule has 2 rings (SSSR count). The smallest absolute Gasteiger partial charge is 0.190 e. The fourth-order valence-electron chi connectivity index (χ4n) is 2.59. The van der Waals surface area contributed by atoms with Crippen LogP contribution in [0.4, 0.5) is 0 Å². The normalized spacial score (nSPS) is 11.1. The quantitative estimate of drug-likeness (QED) is 0.395. The highest BCUT2D eigenvalue weighted by molar-refractivity contribution is 14.0. The zero-order valence-corrected chi connectivity index (χ0v) is 18.0. The van der Waals surface area contributed by atoms with Gasteiger partial charge in [0, 0.05) is 31.9 Å². The molecule has 0 saturated carbocycles. The minimum Gasteiger partial charge on any atom is -0.356 e. The van der Waals surface area contributed by atoms with Crippen molar-refractivity contribution in [1.29, 1.82) is 0 Å². The minimum atomic E-state index is 0. The molecule has 1 aromatic carbocycles. The van der Waals surface area contributed by atoms with Gasteiger partial charge < -0.3 is 10.6 Å². The van der Waals surface area contributed by atoms with E-state index in [2.05, 4.69) is 58.0 Å². The molecule has 0 bridgehead atoms. The van der Waals surface area contributed by atoms with Gasteiger partial charge in [0.1, 0.15) is 0 Å². The standard InChI is InChI=1S/C18H26N4S.HI/c1-13-9-14(2)11-16(10-13)5-7-20-18(19-4)21-8-6-17-12-23-15(3)22-17;/h9-12H,5-8H2,1-4H3,(H2,19,20,21);1H. The van der Waals surface area contributed by atoms with Crippen LogP contribution in [0.2, 0.25) is 0 Å². The van der Waals surface area contributed by atoms with Gasteiger partial charge >= 0.3 is 0 Å². The molecule has 0 atom stereocenters. The highest BCUT2D eigenvalue weighted by Crippen LogP contribution is 2.09. The first-order valence-corrected chi connectivity index (χ1v) is 8.87. The Balaban J connectivity index is 0.00000288. The van der Waals surface area contributed by atoms with Crippen LogP contribution in [0.25, 0.3) is 0 Å². The summed E-state index contributed by atoms with van der Waals surface area (Å²) in [4.78, 5) is 8.74. The molecule has 1 heterocycles. The van der Waals surface area contributed by atoms with Crippen molar-refractivity contribution in [3.8, 4) is 0 Å². The molecule has 2 aromatic rings. The van der Waals surface area contributed by atoms with Crippen molar-refractivity contribution in [2.45, 2.75) is 33.6 Å². The third-order valence-corrected chi connectivity index (χ3v) is 4.37. The Morgan fingerprint density at radius 1 is 1.04 bits per heavy atom. The van der Waals surface area contributed by atoms with Gasteiger partial charge in [0.05, 0.1) is 10.7 Å². The maximum Gasteiger partial charge on any atom is 0.190 e. The van der Waals surface area contributed by atoms with Crippen LogP contribution >= 0.6 is 35.3 Å². The Kier molecular flexibility index (Phi) is 9.28. The van der Waals surface area contributed by atoms with Gasteiger partial charge in [-0.2, -0.15) is 0 Å². The second-order valence-electron chi connectivity index (χ2n) is 5.78. The first-order chi connectivity index (χ1) is 11.1. The summed E-state index contributed by atoms with van der Waals surface area (Å²) in [6.45, 7) is 8.04.